The maximum Gasteiger partial charge on any atom is 0.299 e. The third-order valence-electron chi connectivity index (χ3n) is 4.31. The minimum absolute atomic E-state index is 0.195. The van der Waals surface area contributed by atoms with E-state index in [9.17, 15) is 20.2 Å². The van der Waals surface area contributed by atoms with Gasteiger partial charge in [0.1, 0.15) is 18.0 Å². The number of hydrogen-bond acceptors (Lipinski definition) is 10. The molecule has 1 N–H and O–H groups in total. The molecule has 186 valence electrons. The van der Waals surface area contributed by atoms with Gasteiger partial charge in [0, 0.05) is 12.6 Å². The molecule has 0 atom stereocenters. The van der Waals surface area contributed by atoms with Gasteiger partial charge < -0.3 is 29.0 Å². The third-order valence-corrected chi connectivity index (χ3v) is 4.31. The molecule has 12 heteroatoms. The SMILES string of the molecule is O=[N+]([O-])c1ccc(NCCOCCOCCOCCOCCOc2ccccc2)c([N+](=O)[O-])c1. The molecule has 0 aliphatic heterocycles. The Bertz CT molecular complexity index is 868. The zero-order chi connectivity index (χ0) is 24.4. The first-order valence-corrected chi connectivity index (χ1v) is 10.7. The average molecular weight is 479 g/mol. The van der Waals surface area contributed by atoms with E-state index in [1.807, 2.05) is 30.3 Å². The number of benzene rings is 2. The van der Waals surface area contributed by atoms with Crippen molar-refractivity contribution in [2.45, 2.75) is 0 Å². The predicted octanol–water partition coefficient (Wildman–Crippen LogP) is 3.06. The van der Waals surface area contributed by atoms with Crippen LogP contribution in [0.5, 0.6) is 5.75 Å². The Morgan fingerprint density at radius 3 is 1.79 bits per heavy atom. The predicted molar refractivity (Wildman–Crippen MR) is 123 cm³/mol. The topological polar surface area (TPSA) is 144 Å². The molecule has 0 fully saturated rings. The molecule has 0 unspecified atom stereocenters. The van der Waals surface area contributed by atoms with Crippen molar-refractivity contribution in [1.29, 1.82) is 0 Å². The number of para-hydroxylation sites is 1. The summed E-state index contributed by atoms with van der Waals surface area (Å²) in [7, 11) is 0. The Morgan fingerprint density at radius 2 is 1.24 bits per heavy atom. The highest BCUT2D eigenvalue weighted by Gasteiger charge is 2.18. The van der Waals surface area contributed by atoms with Gasteiger partial charge >= 0.3 is 0 Å². The molecule has 0 saturated heterocycles. The largest absolute Gasteiger partial charge is 0.491 e. The van der Waals surface area contributed by atoms with Crippen LogP contribution in [0.2, 0.25) is 0 Å². The zero-order valence-corrected chi connectivity index (χ0v) is 18.8. The molecule has 2 rings (SSSR count). The number of hydrogen-bond donors (Lipinski definition) is 1. The molecular formula is C22H29N3O9. The second-order valence-corrected chi connectivity index (χ2v) is 6.75. The van der Waals surface area contributed by atoms with Gasteiger partial charge in [-0.3, -0.25) is 20.2 Å². The van der Waals surface area contributed by atoms with Gasteiger partial charge in [-0.25, -0.2) is 0 Å². The fourth-order valence-electron chi connectivity index (χ4n) is 2.69. The van der Waals surface area contributed by atoms with Crippen molar-refractivity contribution in [3.05, 3.63) is 68.8 Å². The minimum atomic E-state index is -0.678. The molecule has 0 bridgehead atoms. The standard InChI is InChI=1S/C22H29N3O9/c26-24(27)19-6-7-21(22(18-19)25(28)29)23-8-9-30-10-11-31-12-13-32-14-15-33-16-17-34-20-4-2-1-3-5-20/h1-7,18,23H,8-17H2. The fraction of sp³-hybridized carbons (Fsp3) is 0.455. The maximum atomic E-state index is 11.1. The summed E-state index contributed by atoms with van der Waals surface area (Å²) in [6.07, 6.45) is 0. The lowest BCUT2D eigenvalue weighted by Crippen LogP contribution is -2.15. The molecule has 0 spiro atoms. The Kier molecular flexibility index (Phi) is 12.9. The number of nitro groups is 2. The van der Waals surface area contributed by atoms with Crippen LogP contribution in [0.25, 0.3) is 0 Å². The van der Waals surface area contributed by atoms with E-state index in [0.29, 0.717) is 66.0 Å². The van der Waals surface area contributed by atoms with E-state index in [2.05, 4.69) is 5.32 Å². The van der Waals surface area contributed by atoms with Crippen LogP contribution in [0.3, 0.4) is 0 Å². The second kappa shape index (κ2) is 16.3. The number of non-ortho nitro benzene ring substituents is 1. The van der Waals surface area contributed by atoms with Crippen LogP contribution in [0.1, 0.15) is 0 Å². The number of nitro benzene ring substituents is 2. The van der Waals surface area contributed by atoms with Crippen LogP contribution >= 0.6 is 0 Å². The van der Waals surface area contributed by atoms with Gasteiger partial charge in [0.2, 0.25) is 0 Å². The summed E-state index contributed by atoms with van der Waals surface area (Å²) in [6.45, 7) is 4.10. The van der Waals surface area contributed by atoms with E-state index >= 15 is 0 Å². The molecule has 2 aromatic carbocycles. The Morgan fingerprint density at radius 1 is 0.676 bits per heavy atom. The molecular weight excluding hydrogens is 450 g/mol. The van der Waals surface area contributed by atoms with Crippen molar-refractivity contribution in [1.82, 2.24) is 0 Å². The minimum Gasteiger partial charge on any atom is -0.491 e. The van der Waals surface area contributed by atoms with Gasteiger partial charge in [0.25, 0.3) is 11.4 Å². The van der Waals surface area contributed by atoms with Crippen molar-refractivity contribution in [3.63, 3.8) is 0 Å². The summed E-state index contributed by atoms with van der Waals surface area (Å²) in [5.74, 6) is 0.813. The van der Waals surface area contributed by atoms with E-state index < -0.39 is 9.85 Å². The van der Waals surface area contributed by atoms with Gasteiger partial charge in [-0.1, -0.05) is 18.2 Å². The molecule has 0 heterocycles. The lowest BCUT2D eigenvalue weighted by molar-refractivity contribution is -0.393. The van der Waals surface area contributed by atoms with Crippen molar-refractivity contribution in [2.24, 2.45) is 0 Å². The monoisotopic (exact) mass is 479 g/mol. The molecule has 12 nitrogen and oxygen atoms in total. The number of nitrogens with zero attached hydrogens (tertiary/aromatic N) is 2. The lowest BCUT2D eigenvalue weighted by Gasteiger charge is -2.09. The highest BCUT2D eigenvalue weighted by molar-refractivity contribution is 5.65. The van der Waals surface area contributed by atoms with E-state index in [0.717, 1.165) is 11.8 Å². The summed E-state index contributed by atoms with van der Waals surface area (Å²) in [5, 5.41) is 24.7. The van der Waals surface area contributed by atoms with Crippen molar-refractivity contribution >= 4 is 17.1 Å². The summed E-state index contributed by atoms with van der Waals surface area (Å²) in [4.78, 5) is 20.5. The number of anilines is 1. The molecule has 0 saturated carbocycles. The quantitative estimate of drug-likeness (QED) is 0.181. The highest BCUT2D eigenvalue weighted by Crippen LogP contribution is 2.28. The van der Waals surface area contributed by atoms with Crippen molar-refractivity contribution < 1.29 is 33.5 Å². The number of rotatable bonds is 19. The summed E-state index contributed by atoms with van der Waals surface area (Å²) >= 11 is 0. The number of nitrogens with one attached hydrogen (secondary N) is 1. The first-order valence-electron chi connectivity index (χ1n) is 10.7. The van der Waals surface area contributed by atoms with Gasteiger partial charge in [0.05, 0.1) is 68.8 Å². The first-order chi connectivity index (χ1) is 16.6. The maximum absolute atomic E-state index is 11.1. The molecule has 0 radical (unpaired) electrons. The van der Waals surface area contributed by atoms with E-state index in [1.54, 1.807) is 0 Å². The average Bonchev–Trinajstić information content (AvgIpc) is 2.84. The Balaban J connectivity index is 1.38. The third kappa shape index (κ3) is 11.0. The summed E-state index contributed by atoms with van der Waals surface area (Å²) < 4.78 is 27.1. The molecule has 0 aliphatic rings. The van der Waals surface area contributed by atoms with Crippen LogP contribution in [0.15, 0.2) is 48.5 Å². The summed E-state index contributed by atoms with van der Waals surface area (Å²) in [5.41, 5.74) is -0.501. The summed E-state index contributed by atoms with van der Waals surface area (Å²) in [6, 6.07) is 13.0. The number of ether oxygens (including phenoxy) is 5. The first kappa shape index (κ1) is 26.9. The van der Waals surface area contributed by atoms with Crippen LogP contribution in [-0.4, -0.2) is 75.9 Å². The van der Waals surface area contributed by atoms with Crippen LogP contribution in [-0.2, 0) is 18.9 Å². The highest BCUT2D eigenvalue weighted by atomic mass is 16.6. The molecule has 0 amide bonds. The van der Waals surface area contributed by atoms with Crippen molar-refractivity contribution in [3.8, 4) is 5.75 Å². The van der Waals surface area contributed by atoms with Crippen LogP contribution < -0.4 is 10.1 Å². The smallest absolute Gasteiger partial charge is 0.299 e. The van der Waals surface area contributed by atoms with Gasteiger partial charge in [-0.2, -0.15) is 0 Å². The Hall–Kier alpha value is -3.32. The van der Waals surface area contributed by atoms with Crippen LogP contribution in [0.4, 0.5) is 17.1 Å². The van der Waals surface area contributed by atoms with Crippen LogP contribution in [0, 0.1) is 20.2 Å². The molecule has 0 aliphatic carbocycles. The molecule has 2 aromatic rings. The fourth-order valence-corrected chi connectivity index (χ4v) is 2.69. The van der Waals surface area contributed by atoms with Gasteiger partial charge in [-0.15, -0.1) is 0 Å². The molecule has 34 heavy (non-hydrogen) atoms. The second-order valence-electron chi connectivity index (χ2n) is 6.75. The van der Waals surface area contributed by atoms with E-state index in [4.69, 9.17) is 23.7 Å². The molecule has 0 aromatic heterocycles. The van der Waals surface area contributed by atoms with E-state index in [1.165, 1.54) is 12.1 Å². The van der Waals surface area contributed by atoms with Crippen molar-refractivity contribution in [2.75, 3.05) is 71.3 Å². The van der Waals surface area contributed by atoms with E-state index in [-0.39, 0.29) is 17.1 Å². The van der Waals surface area contributed by atoms with Gasteiger partial charge in [-0.05, 0) is 18.2 Å². The zero-order valence-electron chi connectivity index (χ0n) is 18.8. The van der Waals surface area contributed by atoms with Gasteiger partial charge in [0.15, 0.2) is 0 Å². The normalized spacial score (nSPS) is 10.7. The lowest BCUT2D eigenvalue weighted by atomic mass is 10.2. The Labute approximate surface area is 197 Å².